The number of nitrogens with zero attached hydrogens (tertiary/aromatic N) is 4. The molecule has 0 amide bonds. The van der Waals surface area contributed by atoms with Crippen LogP contribution in [0, 0.1) is 5.92 Å². The Bertz CT molecular complexity index is 996. The lowest BCUT2D eigenvalue weighted by Gasteiger charge is -2.21. The molecule has 3 aromatic rings. The lowest BCUT2D eigenvalue weighted by molar-refractivity contribution is -0.152. The molecular weight excluding hydrogens is 344 g/mol. The van der Waals surface area contributed by atoms with Gasteiger partial charge >= 0.3 is 11.7 Å². The molecule has 1 unspecified atom stereocenters. The fraction of sp³-hybridized carbons (Fsp3) is 0.450. The van der Waals surface area contributed by atoms with Crippen molar-refractivity contribution in [3.05, 3.63) is 53.0 Å². The number of carbonyl (C=O) groups excluding carboxylic acids is 1. The van der Waals surface area contributed by atoms with Crippen molar-refractivity contribution >= 4 is 17.0 Å². The van der Waals surface area contributed by atoms with Crippen molar-refractivity contribution in [1.29, 1.82) is 0 Å². The van der Waals surface area contributed by atoms with E-state index >= 15 is 0 Å². The smallest absolute Gasteiger partial charge is 0.329 e. The van der Waals surface area contributed by atoms with Gasteiger partial charge in [-0.1, -0.05) is 26.0 Å². The Kier molecular flexibility index (Phi) is 5.48. The van der Waals surface area contributed by atoms with Gasteiger partial charge in [-0.05, 0) is 25.0 Å². The second-order valence-electron chi connectivity index (χ2n) is 6.97. The van der Waals surface area contributed by atoms with Crippen molar-refractivity contribution in [3.63, 3.8) is 0 Å². The van der Waals surface area contributed by atoms with Gasteiger partial charge in [0.25, 0.3) is 0 Å². The summed E-state index contributed by atoms with van der Waals surface area (Å²) in [4.78, 5) is 29.4. The third kappa shape index (κ3) is 3.67. The highest BCUT2D eigenvalue weighted by atomic mass is 16.5. The van der Waals surface area contributed by atoms with Gasteiger partial charge in [0.15, 0.2) is 6.10 Å². The Morgan fingerprint density at radius 2 is 1.85 bits per heavy atom. The molecule has 1 aromatic carbocycles. The molecule has 7 heteroatoms. The number of aryl methyl sites for hydroxylation is 3. The number of fused-ring (bicyclic) bond motifs is 1. The van der Waals surface area contributed by atoms with Crippen molar-refractivity contribution in [3.8, 4) is 0 Å². The summed E-state index contributed by atoms with van der Waals surface area (Å²) in [5, 5.41) is 0. The minimum Gasteiger partial charge on any atom is -0.454 e. The Morgan fingerprint density at radius 1 is 1.19 bits per heavy atom. The Hall–Kier alpha value is -2.83. The lowest BCUT2D eigenvalue weighted by atomic mass is 10.1. The highest BCUT2D eigenvalue weighted by molar-refractivity contribution is 5.76. The van der Waals surface area contributed by atoms with Crippen molar-refractivity contribution in [1.82, 2.24) is 18.7 Å². The number of imidazole rings is 2. The molecule has 7 nitrogen and oxygen atoms in total. The van der Waals surface area contributed by atoms with Crippen LogP contribution >= 0.6 is 0 Å². The SMILES string of the molecule is CCn1c(=O)n(CCC(=O)OC(c2nccn2C)C(C)C)c2ccccc21. The summed E-state index contributed by atoms with van der Waals surface area (Å²) in [5.74, 6) is 0.481. The molecule has 0 aliphatic rings. The first kappa shape index (κ1) is 18.9. The first-order valence-corrected chi connectivity index (χ1v) is 9.28. The van der Waals surface area contributed by atoms with Gasteiger partial charge in [0.05, 0.1) is 17.5 Å². The molecule has 3 rings (SSSR count). The zero-order valence-corrected chi connectivity index (χ0v) is 16.3. The number of benzene rings is 1. The number of carbonyl (C=O) groups is 1. The van der Waals surface area contributed by atoms with E-state index < -0.39 is 6.10 Å². The van der Waals surface area contributed by atoms with Crippen LogP contribution in [-0.4, -0.2) is 24.7 Å². The van der Waals surface area contributed by atoms with Gasteiger partial charge < -0.3 is 9.30 Å². The van der Waals surface area contributed by atoms with E-state index in [2.05, 4.69) is 4.98 Å². The summed E-state index contributed by atoms with van der Waals surface area (Å²) < 4.78 is 10.9. The van der Waals surface area contributed by atoms with Crippen LogP contribution in [0.3, 0.4) is 0 Å². The van der Waals surface area contributed by atoms with Gasteiger partial charge in [0.2, 0.25) is 0 Å². The van der Waals surface area contributed by atoms with E-state index in [1.807, 2.05) is 62.8 Å². The van der Waals surface area contributed by atoms with Gasteiger partial charge in [-0.3, -0.25) is 13.9 Å². The number of rotatable bonds is 7. The predicted molar refractivity (Wildman–Crippen MR) is 103 cm³/mol. The maximum absolute atomic E-state index is 12.7. The van der Waals surface area contributed by atoms with Gasteiger partial charge in [0, 0.05) is 32.5 Å². The van der Waals surface area contributed by atoms with Gasteiger partial charge in [-0.15, -0.1) is 0 Å². The molecule has 0 fully saturated rings. The van der Waals surface area contributed by atoms with Crippen LogP contribution in [0.15, 0.2) is 41.5 Å². The molecule has 0 radical (unpaired) electrons. The number of hydrogen-bond donors (Lipinski definition) is 0. The fourth-order valence-corrected chi connectivity index (χ4v) is 3.34. The van der Waals surface area contributed by atoms with Crippen molar-refractivity contribution in [2.75, 3.05) is 0 Å². The van der Waals surface area contributed by atoms with Crippen LogP contribution in [0.25, 0.3) is 11.0 Å². The molecule has 27 heavy (non-hydrogen) atoms. The number of hydrogen-bond acceptors (Lipinski definition) is 4. The number of ether oxygens (including phenoxy) is 1. The molecule has 0 aliphatic heterocycles. The zero-order chi connectivity index (χ0) is 19.6. The van der Waals surface area contributed by atoms with Crippen LogP contribution in [-0.2, 0) is 29.7 Å². The minimum atomic E-state index is -0.411. The average Bonchev–Trinajstić information content (AvgIpc) is 3.18. The molecule has 2 aromatic heterocycles. The summed E-state index contributed by atoms with van der Waals surface area (Å²) in [6.07, 6.45) is 3.24. The molecule has 0 spiro atoms. The molecule has 0 aliphatic carbocycles. The Labute approximate surface area is 158 Å². The van der Waals surface area contributed by atoms with Crippen LogP contribution in [0.4, 0.5) is 0 Å². The van der Waals surface area contributed by atoms with Crippen LogP contribution in [0.5, 0.6) is 0 Å². The summed E-state index contributed by atoms with van der Waals surface area (Å²) >= 11 is 0. The first-order chi connectivity index (χ1) is 12.9. The van der Waals surface area contributed by atoms with Crippen molar-refractivity contribution in [2.45, 2.75) is 46.4 Å². The number of esters is 1. The Balaban J connectivity index is 1.76. The van der Waals surface area contributed by atoms with E-state index in [1.54, 1.807) is 15.3 Å². The predicted octanol–water partition coefficient (Wildman–Crippen LogP) is 2.89. The van der Waals surface area contributed by atoms with E-state index in [0.717, 1.165) is 16.9 Å². The normalized spacial score (nSPS) is 12.6. The number of aromatic nitrogens is 4. The first-order valence-electron chi connectivity index (χ1n) is 9.28. The summed E-state index contributed by atoms with van der Waals surface area (Å²) in [6, 6.07) is 7.63. The van der Waals surface area contributed by atoms with Crippen LogP contribution in [0.1, 0.15) is 39.1 Å². The van der Waals surface area contributed by atoms with Crippen molar-refractivity contribution in [2.24, 2.45) is 13.0 Å². The fourth-order valence-electron chi connectivity index (χ4n) is 3.34. The standard InChI is InChI=1S/C20H26N4O3/c1-5-23-15-8-6-7-9-16(15)24(20(23)26)12-10-17(25)27-18(14(2)3)19-21-11-13-22(19)4/h6-9,11,13-14,18H,5,10,12H2,1-4H3. The third-order valence-electron chi connectivity index (χ3n) is 4.76. The largest absolute Gasteiger partial charge is 0.454 e. The third-order valence-corrected chi connectivity index (χ3v) is 4.76. The van der Waals surface area contributed by atoms with Gasteiger partial charge in [-0.2, -0.15) is 0 Å². The monoisotopic (exact) mass is 370 g/mol. The molecular formula is C20H26N4O3. The quantitative estimate of drug-likeness (QED) is 0.600. The second kappa shape index (κ2) is 7.82. The number of para-hydroxylation sites is 2. The molecule has 0 saturated carbocycles. The highest BCUT2D eigenvalue weighted by Gasteiger charge is 2.24. The lowest BCUT2D eigenvalue weighted by Crippen LogP contribution is -2.26. The van der Waals surface area contributed by atoms with E-state index in [4.69, 9.17) is 4.74 Å². The molecule has 144 valence electrons. The average molecular weight is 370 g/mol. The zero-order valence-electron chi connectivity index (χ0n) is 16.3. The molecule has 0 N–H and O–H groups in total. The van der Waals surface area contributed by atoms with E-state index in [-0.39, 0.29) is 30.5 Å². The highest BCUT2D eigenvalue weighted by Crippen LogP contribution is 2.24. The van der Waals surface area contributed by atoms with Crippen molar-refractivity contribution < 1.29 is 9.53 Å². The molecule has 2 heterocycles. The van der Waals surface area contributed by atoms with Crippen LogP contribution in [0.2, 0.25) is 0 Å². The van der Waals surface area contributed by atoms with Crippen LogP contribution < -0.4 is 5.69 Å². The maximum Gasteiger partial charge on any atom is 0.329 e. The Morgan fingerprint density at radius 3 is 2.41 bits per heavy atom. The maximum atomic E-state index is 12.7. The van der Waals surface area contributed by atoms with E-state index in [0.29, 0.717) is 6.54 Å². The molecule has 1 atom stereocenters. The molecule has 0 saturated heterocycles. The minimum absolute atomic E-state index is 0.0970. The summed E-state index contributed by atoms with van der Waals surface area (Å²) in [7, 11) is 1.88. The summed E-state index contributed by atoms with van der Waals surface area (Å²) in [6.45, 7) is 6.80. The second-order valence-corrected chi connectivity index (χ2v) is 6.97. The topological polar surface area (TPSA) is 71.1 Å². The van der Waals surface area contributed by atoms with E-state index in [1.165, 1.54) is 0 Å². The molecule has 0 bridgehead atoms. The van der Waals surface area contributed by atoms with Gasteiger partial charge in [0.1, 0.15) is 5.82 Å². The van der Waals surface area contributed by atoms with Gasteiger partial charge in [-0.25, -0.2) is 9.78 Å². The van der Waals surface area contributed by atoms with E-state index in [9.17, 15) is 9.59 Å². The summed E-state index contributed by atoms with van der Waals surface area (Å²) in [5.41, 5.74) is 1.61.